The van der Waals surface area contributed by atoms with Crippen molar-refractivity contribution in [1.82, 2.24) is 0 Å². The maximum absolute atomic E-state index is 10.3. The lowest BCUT2D eigenvalue weighted by Gasteiger charge is -2.16. The summed E-state index contributed by atoms with van der Waals surface area (Å²) in [5, 5.41) is 38.3. The van der Waals surface area contributed by atoms with E-state index in [1.165, 1.54) is 6.08 Å². The minimum Gasteiger partial charge on any atom is -0.507 e. The van der Waals surface area contributed by atoms with Crippen LogP contribution in [0.5, 0.6) is 5.75 Å². The highest BCUT2D eigenvalue weighted by Crippen LogP contribution is 2.25. The largest absolute Gasteiger partial charge is 0.507 e. The number of benzene rings is 1. The summed E-state index contributed by atoms with van der Waals surface area (Å²) < 4.78 is 0. The Morgan fingerprint density at radius 1 is 1.21 bits per heavy atom. The van der Waals surface area contributed by atoms with Gasteiger partial charge < -0.3 is 20.4 Å². The third-order valence-corrected chi connectivity index (χ3v) is 4.01. The zero-order valence-corrected chi connectivity index (χ0v) is 14.7. The van der Waals surface area contributed by atoms with Gasteiger partial charge in [-0.1, -0.05) is 24.3 Å². The van der Waals surface area contributed by atoms with Gasteiger partial charge >= 0.3 is 0 Å². The van der Waals surface area contributed by atoms with Gasteiger partial charge in [-0.3, -0.25) is 0 Å². The summed E-state index contributed by atoms with van der Waals surface area (Å²) >= 11 is 0. The first-order valence-corrected chi connectivity index (χ1v) is 8.05. The summed E-state index contributed by atoms with van der Waals surface area (Å²) in [6, 6.07) is 3.85. The molecule has 4 N–H and O–H groups in total. The van der Waals surface area contributed by atoms with Crippen LogP contribution >= 0.6 is 0 Å². The lowest BCUT2D eigenvalue weighted by molar-refractivity contribution is 0.197. The molecule has 0 fully saturated rings. The molecule has 1 atom stereocenters. The minimum atomic E-state index is -0.775. The number of allylic oxidation sites excluding steroid dienone is 1. The van der Waals surface area contributed by atoms with Crippen molar-refractivity contribution in [2.45, 2.75) is 39.7 Å². The van der Waals surface area contributed by atoms with Crippen LogP contribution < -0.4 is 0 Å². The molecule has 0 aliphatic heterocycles. The summed E-state index contributed by atoms with van der Waals surface area (Å²) in [7, 11) is 0. The van der Waals surface area contributed by atoms with E-state index in [1.807, 2.05) is 39.0 Å². The number of phenols is 1. The third-order valence-electron chi connectivity index (χ3n) is 4.01. The normalized spacial score (nSPS) is 13.9. The van der Waals surface area contributed by atoms with Crippen molar-refractivity contribution in [3.63, 3.8) is 0 Å². The standard InChI is InChI=1S/C20H28O4/c1-13(9-17-10-14(2)20(24)15(3)11-17)5-6-19(23)18(7-8-21)16(4)12-22/h7,9-11,19,21-24H,4-6,8,12H2,1-3H3/b13-9+,18-7-. The Balaban J connectivity index is 2.79. The van der Waals surface area contributed by atoms with E-state index in [0.29, 0.717) is 29.7 Å². The molecular weight excluding hydrogens is 304 g/mol. The molecule has 0 saturated heterocycles. The first-order chi connectivity index (χ1) is 11.3. The predicted molar refractivity (Wildman–Crippen MR) is 97.9 cm³/mol. The summed E-state index contributed by atoms with van der Waals surface area (Å²) in [5.41, 5.74) is 4.69. The molecule has 0 amide bonds. The van der Waals surface area contributed by atoms with Gasteiger partial charge in [0.05, 0.1) is 19.3 Å². The zero-order valence-electron chi connectivity index (χ0n) is 14.7. The molecule has 1 unspecified atom stereocenters. The summed E-state index contributed by atoms with van der Waals surface area (Å²) in [6.45, 7) is 8.98. The number of rotatable bonds is 8. The molecule has 24 heavy (non-hydrogen) atoms. The van der Waals surface area contributed by atoms with Crippen LogP contribution in [0.4, 0.5) is 0 Å². The Hall–Kier alpha value is -1.88. The molecule has 0 aromatic heterocycles. The Bertz CT molecular complexity index is 618. The average molecular weight is 332 g/mol. The molecule has 0 spiro atoms. The van der Waals surface area contributed by atoms with Crippen LogP contribution in [0.1, 0.15) is 36.5 Å². The second kappa shape index (κ2) is 9.42. The van der Waals surface area contributed by atoms with Gasteiger partial charge in [-0.15, -0.1) is 0 Å². The van der Waals surface area contributed by atoms with Gasteiger partial charge in [-0.2, -0.15) is 0 Å². The molecule has 4 heteroatoms. The van der Waals surface area contributed by atoms with Gasteiger partial charge in [0.2, 0.25) is 0 Å². The van der Waals surface area contributed by atoms with Gasteiger partial charge in [-0.25, -0.2) is 0 Å². The van der Waals surface area contributed by atoms with E-state index >= 15 is 0 Å². The number of hydrogen-bond donors (Lipinski definition) is 4. The number of aromatic hydroxyl groups is 1. The summed E-state index contributed by atoms with van der Waals surface area (Å²) in [6.07, 6.45) is 3.88. The highest BCUT2D eigenvalue weighted by atomic mass is 16.3. The maximum atomic E-state index is 10.3. The van der Waals surface area contributed by atoms with E-state index < -0.39 is 6.10 Å². The third kappa shape index (κ3) is 5.64. The van der Waals surface area contributed by atoms with Crippen molar-refractivity contribution in [2.24, 2.45) is 0 Å². The predicted octanol–water partition coefficient (Wildman–Crippen LogP) is 3.02. The van der Waals surface area contributed by atoms with E-state index in [4.69, 9.17) is 10.2 Å². The Morgan fingerprint density at radius 2 is 1.79 bits per heavy atom. The van der Waals surface area contributed by atoms with Crippen LogP contribution in [0.2, 0.25) is 0 Å². The molecule has 0 bridgehead atoms. The van der Waals surface area contributed by atoms with Crippen LogP contribution in [0, 0.1) is 13.8 Å². The van der Waals surface area contributed by atoms with Gasteiger partial charge in [0, 0.05) is 0 Å². The van der Waals surface area contributed by atoms with Gasteiger partial charge in [-0.05, 0) is 73.6 Å². The number of phenolic OH excluding ortho intramolecular Hbond substituents is 1. The van der Waals surface area contributed by atoms with Crippen LogP contribution in [0.25, 0.3) is 6.08 Å². The SMILES string of the molecule is C=C(CO)/C(=C/CO)C(O)CC/C(C)=C/c1cc(C)c(O)c(C)c1. The first kappa shape index (κ1) is 20.2. The van der Waals surface area contributed by atoms with Crippen LogP contribution in [0.3, 0.4) is 0 Å². The van der Waals surface area contributed by atoms with Gasteiger partial charge in [0.1, 0.15) is 5.75 Å². The fourth-order valence-electron chi connectivity index (χ4n) is 2.65. The molecule has 0 radical (unpaired) electrons. The van der Waals surface area contributed by atoms with Gasteiger partial charge in [0.25, 0.3) is 0 Å². The highest BCUT2D eigenvalue weighted by molar-refractivity contribution is 5.57. The fraction of sp³-hybridized carbons (Fsp3) is 0.400. The molecule has 4 nitrogen and oxygen atoms in total. The fourth-order valence-corrected chi connectivity index (χ4v) is 2.65. The van der Waals surface area contributed by atoms with E-state index in [2.05, 4.69) is 6.58 Å². The van der Waals surface area contributed by atoms with Gasteiger partial charge in [0.15, 0.2) is 0 Å². The Kier molecular flexibility index (Phi) is 7.92. The first-order valence-electron chi connectivity index (χ1n) is 8.05. The second-order valence-corrected chi connectivity index (χ2v) is 6.15. The van der Waals surface area contributed by atoms with Crippen LogP contribution in [-0.2, 0) is 0 Å². The summed E-state index contributed by atoms with van der Waals surface area (Å²) in [4.78, 5) is 0. The lowest BCUT2D eigenvalue weighted by Crippen LogP contribution is -2.14. The molecule has 1 rings (SSSR count). The number of aliphatic hydroxyl groups is 3. The van der Waals surface area contributed by atoms with Crippen molar-refractivity contribution < 1.29 is 20.4 Å². The second-order valence-electron chi connectivity index (χ2n) is 6.15. The number of hydrogen-bond acceptors (Lipinski definition) is 4. The Labute approximate surface area is 144 Å². The number of aryl methyl sites for hydroxylation is 2. The smallest absolute Gasteiger partial charge is 0.121 e. The minimum absolute atomic E-state index is 0.202. The molecule has 0 heterocycles. The topological polar surface area (TPSA) is 80.9 Å². The molecule has 132 valence electrons. The van der Waals surface area contributed by atoms with Crippen LogP contribution in [0.15, 0.2) is 41.5 Å². The zero-order chi connectivity index (χ0) is 18.3. The van der Waals surface area contributed by atoms with Crippen molar-refractivity contribution >= 4 is 6.08 Å². The maximum Gasteiger partial charge on any atom is 0.121 e. The van der Waals surface area contributed by atoms with Crippen molar-refractivity contribution in [2.75, 3.05) is 13.2 Å². The van der Waals surface area contributed by atoms with E-state index in [1.54, 1.807) is 0 Å². The van der Waals surface area contributed by atoms with E-state index in [0.717, 1.165) is 22.3 Å². The van der Waals surface area contributed by atoms with E-state index in [9.17, 15) is 10.2 Å². The quantitative estimate of drug-likeness (QED) is 0.552. The van der Waals surface area contributed by atoms with E-state index in [-0.39, 0.29) is 13.2 Å². The summed E-state index contributed by atoms with van der Waals surface area (Å²) in [5.74, 6) is 0.321. The van der Waals surface area contributed by atoms with Crippen LogP contribution in [-0.4, -0.2) is 39.7 Å². The lowest BCUT2D eigenvalue weighted by atomic mass is 9.96. The average Bonchev–Trinajstić information content (AvgIpc) is 2.54. The highest BCUT2D eigenvalue weighted by Gasteiger charge is 2.13. The van der Waals surface area contributed by atoms with Crippen molar-refractivity contribution in [3.8, 4) is 5.75 Å². The molecule has 0 aliphatic carbocycles. The van der Waals surface area contributed by atoms with Crippen molar-refractivity contribution in [1.29, 1.82) is 0 Å². The molecule has 1 aromatic carbocycles. The Morgan fingerprint density at radius 3 is 2.29 bits per heavy atom. The number of aliphatic hydroxyl groups excluding tert-OH is 3. The monoisotopic (exact) mass is 332 g/mol. The molecule has 1 aromatic rings. The molecule has 0 saturated carbocycles. The molecular formula is C20H28O4. The molecule has 0 aliphatic rings. The van der Waals surface area contributed by atoms with Crippen molar-refractivity contribution in [3.05, 3.63) is 58.2 Å².